The number of fused-ring (bicyclic) bond motifs is 1. The van der Waals surface area contributed by atoms with Crippen molar-refractivity contribution in [2.45, 2.75) is 13.1 Å². The fourth-order valence-corrected chi connectivity index (χ4v) is 3.01. The van der Waals surface area contributed by atoms with Gasteiger partial charge in [0.15, 0.2) is 0 Å². The van der Waals surface area contributed by atoms with Crippen LogP contribution >= 0.6 is 0 Å². The Morgan fingerprint density at radius 1 is 0.917 bits per heavy atom. The Morgan fingerprint density at radius 3 is 2.21 bits per heavy atom. The summed E-state index contributed by atoms with van der Waals surface area (Å²) in [6, 6.07) is 20.3. The Labute approximate surface area is 140 Å². The molecule has 120 valence electrons. The molecule has 4 rings (SSSR count). The van der Waals surface area contributed by atoms with E-state index >= 15 is 0 Å². The van der Waals surface area contributed by atoms with Crippen LogP contribution in [0, 0.1) is 0 Å². The van der Waals surface area contributed by atoms with E-state index in [1.54, 1.807) is 10.8 Å². The second-order valence-electron chi connectivity index (χ2n) is 5.86. The monoisotopic (exact) mass is 318 g/mol. The van der Waals surface area contributed by atoms with E-state index in [9.17, 15) is 4.79 Å². The molecule has 0 atom stereocenters. The fourth-order valence-electron chi connectivity index (χ4n) is 3.01. The number of anilines is 2. The van der Waals surface area contributed by atoms with Crippen LogP contribution in [0.5, 0.6) is 0 Å². The first-order chi connectivity index (χ1) is 11.8. The molecular formula is C19H18N4O. The molecule has 0 radical (unpaired) electrons. The Hall–Kier alpha value is -3.08. The summed E-state index contributed by atoms with van der Waals surface area (Å²) in [5.41, 5.74) is 3.05. The lowest BCUT2D eigenvalue weighted by molar-refractivity contribution is 0.740. The molecule has 1 aromatic heterocycles. The summed E-state index contributed by atoms with van der Waals surface area (Å²) in [4.78, 5) is 18.5. The third kappa shape index (κ3) is 2.76. The van der Waals surface area contributed by atoms with E-state index in [0.717, 1.165) is 23.6 Å². The minimum absolute atomic E-state index is 0.230. The molecule has 0 fully saturated rings. The van der Waals surface area contributed by atoms with Gasteiger partial charge >= 0.3 is 5.69 Å². The highest BCUT2D eigenvalue weighted by atomic mass is 16.1. The maximum atomic E-state index is 12.2. The molecule has 0 saturated carbocycles. The third-order valence-corrected chi connectivity index (χ3v) is 4.22. The average Bonchev–Trinajstić information content (AvgIpc) is 3.02. The van der Waals surface area contributed by atoms with Gasteiger partial charge in [0.05, 0.1) is 25.1 Å². The van der Waals surface area contributed by atoms with Crippen LogP contribution < -0.4 is 15.9 Å². The number of nitrogens with one attached hydrogen (secondary N) is 1. The molecule has 1 aliphatic rings. The van der Waals surface area contributed by atoms with E-state index in [-0.39, 0.29) is 5.69 Å². The lowest BCUT2D eigenvalue weighted by Crippen LogP contribution is -2.24. The minimum Gasteiger partial charge on any atom is -0.352 e. The number of hydrogen-bond donors (Lipinski definition) is 1. The summed E-state index contributed by atoms with van der Waals surface area (Å²) < 4.78 is 1.70. The predicted octanol–water partition coefficient (Wildman–Crippen LogP) is 2.68. The molecule has 0 saturated heterocycles. The highest BCUT2D eigenvalue weighted by molar-refractivity contribution is 5.70. The van der Waals surface area contributed by atoms with Crippen molar-refractivity contribution in [2.75, 3.05) is 16.9 Å². The molecule has 1 N–H and O–H groups in total. The zero-order valence-corrected chi connectivity index (χ0v) is 13.2. The van der Waals surface area contributed by atoms with Crippen LogP contribution in [-0.2, 0) is 13.1 Å². The zero-order chi connectivity index (χ0) is 16.4. The molecule has 0 bridgehead atoms. The fraction of sp³-hybridized carbons (Fsp3) is 0.158. The molecule has 0 spiro atoms. The molecular weight excluding hydrogens is 300 g/mol. The molecule has 0 amide bonds. The lowest BCUT2D eigenvalue weighted by atomic mass is 10.2. The second kappa shape index (κ2) is 6.20. The number of rotatable bonds is 4. The van der Waals surface area contributed by atoms with Gasteiger partial charge in [0.1, 0.15) is 5.82 Å². The maximum Gasteiger partial charge on any atom is 0.349 e. The Morgan fingerprint density at radius 2 is 1.54 bits per heavy atom. The topological polar surface area (TPSA) is 50.2 Å². The van der Waals surface area contributed by atoms with Crippen LogP contribution in [0.25, 0.3) is 0 Å². The van der Waals surface area contributed by atoms with Crippen molar-refractivity contribution < 1.29 is 0 Å². The van der Waals surface area contributed by atoms with Crippen molar-refractivity contribution >= 4 is 11.5 Å². The van der Waals surface area contributed by atoms with Crippen molar-refractivity contribution in [3.63, 3.8) is 0 Å². The van der Waals surface area contributed by atoms with Crippen molar-refractivity contribution in [1.29, 1.82) is 0 Å². The van der Waals surface area contributed by atoms with Gasteiger partial charge in [-0.15, -0.1) is 0 Å². The van der Waals surface area contributed by atoms with Gasteiger partial charge in [-0.1, -0.05) is 60.7 Å². The molecule has 24 heavy (non-hydrogen) atoms. The minimum atomic E-state index is -0.230. The van der Waals surface area contributed by atoms with E-state index in [1.165, 1.54) is 5.56 Å². The number of nitrogens with zero attached hydrogens (tertiary/aromatic N) is 3. The lowest BCUT2D eigenvalue weighted by Gasteiger charge is -2.17. The molecule has 5 heteroatoms. The van der Waals surface area contributed by atoms with Gasteiger partial charge in [-0.3, -0.25) is 4.57 Å². The van der Waals surface area contributed by atoms with E-state index in [1.807, 2.05) is 48.5 Å². The molecule has 5 nitrogen and oxygen atoms in total. The standard InChI is InChI=1S/C19H18N4O/c24-19-20-11-17-18(23(19)13-16-9-5-2-6-10-16)21-14-22(17)12-15-7-3-1-4-8-15/h1-11,21H,12-14H2. The van der Waals surface area contributed by atoms with E-state index in [2.05, 4.69) is 27.3 Å². The first-order valence-corrected chi connectivity index (χ1v) is 7.98. The Balaban J connectivity index is 1.65. The first-order valence-electron chi connectivity index (χ1n) is 7.98. The van der Waals surface area contributed by atoms with Gasteiger partial charge in [0, 0.05) is 6.54 Å². The molecule has 0 aliphatic carbocycles. The van der Waals surface area contributed by atoms with Gasteiger partial charge in [-0.05, 0) is 11.1 Å². The summed E-state index contributed by atoms with van der Waals surface area (Å²) in [6.45, 7) is 1.97. The van der Waals surface area contributed by atoms with Gasteiger partial charge < -0.3 is 10.2 Å². The molecule has 3 aromatic rings. The van der Waals surface area contributed by atoms with Gasteiger partial charge in [-0.25, -0.2) is 4.79 Å². The zero-order valence-electron chi connectivity index (χ0n) is 13.2. The quantitative estimate of drug-likeness (QED) is 0.803. The van der Waals surface area contributed by atoms with Gasteiger partial charge in [0.25, 0.3) is 0 Å². The van der Waals surface area contributed by atoms with Crippen molar-refractivity contribution in [2.24, 2.45) is 0 Å². The van der Waals surface area contributed by atoms with Crippen molar-refractivity contribution in [1.82, 2.24) is 9.55 Å². The van der Waals surface area contributed by atoms with Crippen LogP contribution in [-0.4, -0.2) is 16.2 Å². The summed E-state index contributed by atoms with van der Waals surface area (Å²) in [6.07, 6.45) is 1.67. The highest BCUT2D eigenvalue weighted by Gasteiger charge is 2.23. The largest absolute Gasteiger partial charge is 0.352 e. The van der Waals surface area contributed by atoms with Crippen LogP contribution in [0.4, 0.5) is 11.5 Å². The molecule has 2 heterocycles. The smallest absolute Gasteiger partial charge is 0.349 e. The van der Waals surface area contributed by atoms with E-state index < -0.39 is 0 Å². The first kappa shape index (κ1) is 14.5. The van der Waals surface area contributed by atoms with Crippen molar-refractivity contribution in [3.05, 3.63) is 88.5 Å². The SMILES string of the molecule is O=c1ncc2c(n1Cc1ccccc1)NCN2Cc1ccccc1. The normalized spacial score (nSPS) is 12.8. The Bertz CT molecular complexity index is 890. The predicted molar refractivity (Wildman–Crippen MR) is 95.2 cm³/mol. The average molecular weight is 318 g/mol. The highest BCUT2D eigenvalue weighted by Crippen LogP contribution is 2.30. The maximum absolute atomic E-state index is 12.2. The van der Waals surface area contributed by atoms with Crippen molar-refractivity contribution in [3.8, 4) is 0 Å². The van der Waals surface area contributed by atoms with Gasteiger partial charge in [-0.2, -0.15) is 4.98 Å². The Kier molecular flexibility index (Phi) is 3.75. The van der Waals surface area contributed by atoms with Crippen LogP contribution in [0.3, 0.4) is 0 Å². The van der Waals surface area contributed by atoms with E-state index in [4.69, 9.17) is 0 Å². The number of hydrogen-bond acceptors (Lipinski definition) is 4. The van der Waals surface area contributed by atoms with Crippen LogP contribution in [0.2, 0.25) is 0 Å². The molecule has 2 aromatic carbocycles. The van der Waals surface area contributed by atoms with Crippen LogP contribution in [0.1, 0.15) is 11.1 Å². The summed E-state index contributed by atoms with van der Waals surface area (Å²) in [5.74, 6) is 0.842. The van der Waals surface area contributed by atoms with E-state index in [0.29, 0.717) is 13.2 Å². The second-order valence-corrected chi connectivity index (χ2v) is 5.86. The summed E-state index contributed by atoms with van der Waals surface area (Å²) in [5, 5.41) is 3.35. The summed E-state index contributed by atoms with van der Waals surface area (Å²) in [7, 11) is 0. The van der Waals surface area contributed by atoms with Crippen LogP contribution in [0.15, 0.2) is 71.7 Å². The summed E-state index contributed by atoms with van der Waals surface area (Å²) >= 11 is 0. The number of aromatic nitrogens is 2. The van der Waals surface area contributed by atoms with Gasteiger partial charge in [0.2, 0.25) is 0 Å². The third-order valence-electron chi connectivity index (χ3n) is 4.22. The number of benzene rings is 2. The molecule has 0 unspecified atom stereocenters. The molecule has 1 aliphatic heterocycles.